The Labute approximate surface area is 103 Å². The summed E-state index contributed by atoms with van der Waals surface area (Å²) in [6.07, 6.45) is 8.15. The number of hydrogen-bond acceptors (Lipinski definition) is 4. The van der Waals surface area contributed by atoms with Crippen LogP contribution in [-0.4, -0.2) is 12.1 Å². The van der Waals surface area contributed by atoms with E-state index in [0.717, 1.165) is 11.4 Å². The van der Waals surface area contributed by atoms with E-state index in [4.69, 9.17) is 10.6 Å². The lowest BCUT2D eigenvalue weighted by Crippen LogP contribution is -2.35. The van der Waals surface area contributed by atoms with Crippen LogP contribution in [0.4, 0.5) is 0 Å². The van der Waals surface area contributed by atoms with Crippen LogP contribution in [0.25, 0.3) is 0 Å². The molecule has 94 valence electrons. The third kappa shape index (κ3) is 2.76. The number of hydrazine groups is 1. The van der Waals surface area contributed by atoms with Gasteiger partial charge in [0.25, 0.3) is 0 Å². The zero-order valence-corrected chi connectivity index (χ0v) is 10.4. The first-order chi connectivity index (χ1) is 8.36. The third-order valence-corrected chi connectivity index (χ3v) is 3.62. The Balaban J connectivity index is 2.21. The molecule has 0 saturated heterocycles. The molecule has 0 radical (unpaired) electrons. The van der Waals surface area contributed by atoms with Crippen LogP contribution in [0.2, 0.25) is 0 Å². The van der Waals surface area contributed by atoms with E-state index in [9.17, 15) is 0 Å². The number of methoxy groups -OCH3 is 1. The Kier molecular flexibility index (Phi) is 4.34. The Bertz CT molecular complexity index is 350. The average molecular weight is 235 g/mol. The van der Waals surface area contributed by atoms with Gasteiger partial charge in [-0.1, -0.05) is 19.3 Å². The predicted octanol–water partition coefficient (Wildman–Crippen LogP) is 2.17. The van der Waals surface area contributed by atoms with Gasteiger partial charge in [-0.2, -0.15) is 0 Å². The van der Waals surface area contributed by atoms with Crippen LogP contribution >= 0.6 is 0 Å². The summed E-state index contributed by atoms with van der Waals surface area (Å²) < 4.78 is 5.36. The number of nitrogens with zero attached hydrogens (tertiary/aromatic N) is 1. The number of hydrogen-bond donors (Lipinski definition) is 2. The lowest BCUT2D eigenvalue weighted by Gasteiger charge is -2.30. The van der Waals surface area contributed by atoms with E-state index in [-0.39, 0.29) is 6.04 Å². The fraction of sp³-hybridized carbons (Fsp3) is 0.615. The number of ether oxygens (including phenoxy) is 1. The molecule has 1 aliphatic rings. The zero-order valence-electron chi connectivity index (χ0n) is 10.4. The summed E-state index contributed by atoms with van der Waals surface area (Å²) in [5.74, 6) is 7.10. The van der Waals surface area contributed by atoms with Gasteiger partial charge in [0.15, 0.2) is 0 Å². The largest absolute Gasteiger partial charge is 0.495 e. The van der Waals surface area contributed by atoms with Gasteiger partial charge in [-0.15, -0.1) is 0 Å². The molecule has 0 aliphatic heterocycles. The molecular weight excluding hydrogens is 214 g/mol. The molecule has 0 aromatic carbocycles. The fourth-order valence-corrected chi connectivity index (χ4v) is 2.71. The highest BCUT2D eigenvalue weighted by atomic mass is 16.5. The first-order valence-electron chi connectivity index (χ1n) is 6.32. The van der Waals surface area contributed by atoms with E-state index in [2.05, 4.69) is 10.4 Å². The summed E-state index contributed by atoms with van der Waals surface area (Å²) in [5.41, 5.74) is 3.85. The second-order valence-corrected chi connectivity index (χ2v) is 4.63. The van der Waals surface area contributed by atoms with E-state index >= 15 is 0 Å². The van der Waals surface area contributed by atoms with Crippen molar-refractivity contribution >= 4 is 0 Å². The number of aromatic nitrogens is 1. The Morgan fingerprint density at radius 3 is 2.82 bits per heavy atom. The van der Waals surface area contributed by atoms with Crippen LogP contribution in [0, 0.1) is 5.92 Å². The van der Waals surface area contributed by atoms with Gasteiger partial charge < -0.3 is 4.74 Å². The van der Waals surface area contributed by atoms with Crippen molar-refractivity contribution in [3.8, 4) is 5.75 Å². The Hall–Kier alpha value is -1.13. The lowest BCUT2D eigenvalue weighted by molar-refractivity contribution is 0.263. The van der Waals surface area contributed by atoms with Crippen LogP contribution in [0.3, 0.4) is 0 Å². The van der Waals surface area contributed by atoms with Crippen LogP contribution in [0.1, 0.15) is 43.8 Å². The normalized spacial score (nSPS) is 18.9. The molecule has 1 fully saturated rings. The minimum Gasteiger partial charge on any atom is -0.495 e. The molecular formula is C13H21N3O. The molecule has 17 heavy (non-hydrogen) atoms. The molecule has 2 rings (SSSR count). The maximum absolute atomic E-state index is 5.71. The first kappa shape index (κ1) is 12.3. The van der Waals surface area contributed by atoms with Gasteiger partial charge in [-0.3, -0.25) is 16.3 Å². The summed E-state index contributed by atoms with van der Waals surface area (Å²) >= 11 is 0. The monoisotopic (exact) mass is 235 g/mol. The van der Waals surface area contributed by atoms with Crippen molar-refractivity contribution in [3.63, 3.8) is 0 Å². The highest BCUT2D eigenvalue weighted by molar-refractivity contribution is 5.29. The smallest absolute Gasteiger partial charge is 0.142 e. The molecule has 1 aromatic rings. The molecule has 4 heteroatoms. The second kappa shape index (κ2) is 5.98. The van der Waals surface area contributed by atoms with Crippen molar-refractivity contribution < 1.29 is 4.74 Å². The Morgan fingerprint density at radius 2 is 2.18 bits per heavy atom. The van der Waals surface area contributed by atoms with Crippen molar-refractivity contribution in [2.24, 2.45) is 11.8 Å². The molecule has 1 heterocycles. The van der Waals surface area contributed by atoms with Crippen molar-refractivity contribution in [2.75, 3.05) is 7.11 Å². The van der Waals surface area contributed by atoms with E-state index < -0.39 is 0 Å². The minimum atomic E-state index is 0.103. The van der Waals surface area contributed by atoms with E-state index in [1.165, 1.54) is 32.1 Å². The van der Waals surface area contributed by atoms with Crippen LogP contribution < -0.4 is 16.0 Å². The molecule has 3 N–H and O–H groups in total. The molecule has 0 bridgehead atoms. The molecule has 0 amide bonds. The summed E-state index contributed by atoms with van der Waals surface area (Å²) in [7, 11) is 1.68. The first-order valence-corrected chi connectivity index (χ1v) is 6.32. The topological polar surface area (TPSA) is 60.2 Å². The maximum atomic E-state index is 5.71. The van der Waals surface area contributed by atoms with E-state index in [1.807, 2.05) is 12.1 Å². The number of rotatable bonds is 4. The van der Waals surface area contributed by atoms with Gasteiger partial charge in [0.1, 0.15) is 11.4 Å². The van der Waals surface area contributed by atoms with Crippen LogP contribution in [-0.2, 0) is 0 Å². The quantitative estimate of drug-likeness (QED) is 0.620. The highest BCUT2D eigenvalue weighted by Crippen LogP contribution is 2.36. The van der Waals surface area contributed by atoms with Gasteiger partial charge in [0.05, 0.1) is 13.2 Å². The SMILES string of the molecule is COc1cccnc1C(NN)C1CCCCC1. The van der Waals surface area contributed by atoms with Gasteiger partial charge in [-0.05, 0) is 30.9 Å². The second-order valence-electron chi connectivity index (χ2n) is 4.63. The van der Waals surface area contributed by atoms with Crippen molar-refractivity contribution in [1.29, 1.82) is 0 Å². The fourth-order valence-electron chi connectivity index (χ4n) is 2.71. The van der Waals surface area contributed by atoms with Gasteiger partial charge in [-0.25, -0.2) is 0 Å². The van der Waals surface area contributed by atoms with Crippen molar-refractivity contribution in [3.05, 3.63) is 24.0 Å². The summed E-state index contributed by atoms with van der Waals surface area (Å²) in [4.78, 5) is 4.43. The van der Waals surface area contributed by atoms with Crippen molar-refractivity contribution in [2.45, 2.75) is 38.1 Å². The van der Waals surface area contributed by atoms with E-state index in [0.29, 0.717) is 5.92 Å². The maximum Gasteiger partial charge on any atom is 0.142 e. The number of pyridine rings is 1. The lowest BCUT2D eigenvalue weighted by atomic mass is 9.82. The standard InChI is InChI=1S/C13H21N3O/c1-17-11-8-5-9-15-13(11)12(16-14)10-6-3-2-4-7-10/h5,8-10,12,16H,2-4,6-7,14H2,1H3. The highest BCUT2D eigenvalue weighted by Gasteiger charge is 2.27. The van der Waals surface area contributed by atoms with Gasteiger partial charge in [0.2, 0.25) is 0 Å². The minimum absolute atomic E-state index is 0.103. The molecule has 1 aliphatic carbocycles. The average Bonchev–Trinajstić information content (AvgIpc) is 2.41. The molecule has 4 nitrogen and oxygen atoms in total. The Morgan fingerprint density at radius 1 is 1.41 bits per heavy atom. The molecule has 1 unspecified atom stereocenters. The summed E-state index contributed by atoms with van der Waals surface area (Å²) in [6, 6.07) is 3.93. The third-order valence-electron chi connectivity index (χ3n) is 3.62. The van der Waals surface area contributed by atoms with E-state index in [1.54, 1.807) is 13.3 Å². The summed E-state index contributed by atoms with van der Waals surface area (Å²) in [5, 5.41) is 0. The molecule has 1 saturated carbocycles. The van der Waals surface area contributed by atoms with Crippen LogP contribution in [0.5, 0.6) is 5.75 Å². The zero-order chi connectivity index (χ0) is 12.1. The summed E-state index contributed by atoms with van der Waals surface area (Å²) in [6.45, 7) is 0. The van der Waals surface area contributed by atoms with Gasteiger partial charge in [0, 0.05) is 6.20 Å². The molecule has 1 aromatic heterocycles. The predicted molar refractivity (Wildman–Crippen MR) is 67.4 cm³/mol. The number of nitrogens with two attached hydrogens (primary N) is 1. The van der Waals surface area contributed by atoms with Gasteiger partial charge >= 0.3 is 0 Å². The molecule has 0 spiro atoms. The molecule has 1 atom stereocenters. The van der Waals surface area contributed by atoms with Crippen LogP contribution in [0.15, 0.2) is 18.3 Å². The number of nitrogens with one attached hydrogen (secondary N) is 1. The van der Waals surface area contributed by atoms with Crippen molar-refractivity contribution in [1.82, 2.24) is 10.4 Å².